The second-order valence-electron chi connectivity index (χ2n) is 7.23. The fourth-order valence-corrected chi connectivity index (χ4v) is 4.51. The molecule has 0 fully saturated rings. The normalized spacial score (nSPS) is 15.4. The molecule has 0 atom stereocenters. The topological polar surface area (TPSA) is 98.5 Å². The predicted molar refractivity (Wildman–Crippen MR) is 96.8 cm³/mol. The molecular formula is C19H18N2O4S. The average Bonchev–Trinajstić information content (AvgIpc) is 2.85. The molecule has 0 unspecified atom stereocenters. The van der Waals surface area contributed by atoms with Crippen LogP contribution in [0.3, 0.4) is 0 Å². The fraction of sp³-hybridized carbons (Fsp3) is 0.263. The number of nitriles is 1. The molecule has 1 aliphatic rings. The van der Waals surface area contributed by atoms with Crippen LogP contribution in [0, 0.1) is 11.3 Å². The van der Waals surface area contributed by atoms with Crippen LogP contribution in [0.2, 0.25) is 0 Å². The zero-order valence-electron chi connectivity index (χ0n) is 14.6. The largest absolute Gasteiger partial charge is 0.506 e. The van der Waals surface area contributed by atoms with Gasteiger partial charge in [-0.15, -0.1) is 0 Å². The second kappa shape index (κ2) is 5.85. The highest BCUT2D eigenvalue weighted by atomic mass is 32.2. The lowest BCUT2D eigenvalue weighted by molar-refractivity contribution is 0.0991. The van der Waals surface area contributed by atoms with Crippen LogP contribution in [0.1, 0.15) is 42.3 Å². The van der Waals surface area contributed by atoms with Gasteiger partial charge in [-0.1, -0.05) is 32.9 Å². The van der Waals surface area contributed by atoms with Crippen LogP contribution in [-0.2, 0) is 15.3 Å². The lowest BCUT2D eigenvalue weighted by Crippen LogP contribution is -2.30. The summed E-state index contributed by atoms with van der Waals surface area (Å²) in [5.41, 5.74) is 0.421. The number of phenols is 1. The number of nitrogens with zero attached hydrogens (tertiary/aromatic N) is 2. The Morgan fingerprint density at radius 3 is 2.50 bits per heavy atom. The van der Waals surface area contributed by atoms with Crippen molar-refractivity contribution < 1.29 is 18.3 Å². The van der Waals surface area contributed by atoms with Gasteiger partial charge in [0.25, 0.3) is 5.91 Å². The van der Waals surface area contributed by atoms with E-state index in [1.165, 1.54) is 23.1 Å². The van der Waals surface area contributed by atoms with Crippen molar-refractivity contribution in [3.63, 3.8) is 0 Å². The zero-order chi connectivity index (χ0) is 19.3. The minimum atomic E-state index is -3.58. The SMILES string of the molecule is CC(C)(C)c1cc(C(=O)N2CS(=O)(=O)c3ccccc32)cc(C#N)c1O. The molecule has 0 aromatic heterocycles. The Bertz CT molecular complexity index is 1060. The van der Waals surface area contributed by atoms with E-state index in [4.69, 9.17) is 0 Å². The standard InChI is InChI=1S/C19H18N2O4S/c1-19(2,3)14-9-12(8-13(10-20)17(14)22)18(23)21-11-26(24,25)16-7-5-4-6-15(16)21/h4-9,22H,11H2,1-3H3. The molecule has 0 aliphatic carbocycles. The summed E-state index contributed by atoms with van der Waals surface area (Å²) in [5.74, 6) is -1.13. The average molecular weight is 370 g/mol. The molecule has 7 heteroatoms. The minimum absolute atomic E-state index is 0.0175. The molecule has 2 aromatic rings. The zero-order valence-corrected chi connectivity index (χ0v) is 15.5. The highest BCUT2D eigenvalue weighted by Gasteiger charge is 2.36. The molecule has 0 saturated heterocycles. The first kappa shape index (κ1) is 18.0. The van der Waals surface area contributed by atoms with Gasteiger partial charge in [-0.05, 0) is 29.7 Å². The third kappa shape index (κ3) is 2.82. The number of amides is 1. The van der Waals surface area contributed by atoms with Crippen molar-refractivity contribution in [1.29, 1.82) is 5.26 Å². The van der Waals surface area contributed by atoms with E-state index in [2.05, 4.69) is 0 Å². The highest BCUT2D eigenvalue weighted by Crippen LogP contribution is 2.37. The Balaban J connectivity index is 2.15. The van der Waals surface area contributed by atoms with Crippen LogP contribution in [0.5, 0.6) is 5.75 Å². The first-order valence-electron chi connectivity index (χ1n) is 7.97. The summed E-state index contributed by atoms with van der Waals surface area (Å²) in [7, 11) is -3.58. The van der Waals surface area contributed by atoms with E-state index in [9.17, 15) is 23.6 Å². The number of phenolic OH excluding ortho intramolecular Hbond substituents is 1. The Morgan fingerprint density at radius 2 is 1.88 bits per heavy atom. The van der Waals surface area contributed by atoms with Gasteiger partial charge in [0.1, 0.15) is 17.7 Å². The number of carbonyl (C=O) groups is 1. The molecular weight excluding hydrogens is 352 g/mol. The third-order valence-corrected chi connectivity index (χ3v) is 5.93. The van der Waals surface area contributed by atoms with Crippen molar-refractivity contribution in [2.45, 2.75) is 31.1 Å². The lowest BCUT2D eigenvalue weighted by atomic mass is 9.84. The molecule has 0 radical (unpaired) electrons. The Kier molecular flexibility index (Phi) is 4.04. The van der Waals surface area contributed by atoms with Crippen molar-refractivity contribution in [2.24, 2.45) is 0 Å². The van der Waals surface area contributed by atoms with Gasteiger partial charge in [-0.3, -0.25) is 9.69 Å². The molecule has 1 heterocycles. The van der Waals surface area contributed by atoms with Gasteiger partial charge in [0.15, 0.2) is 9.84 Å². The molecule has 1 amide bonds. The smallest absolute Gasteiger partial charge is 0.259 e. The van der Waals surface area contributed by atoms with E-state index in [0.29, 0.717) is 11.3 Å². The highest BCUT2D eigenvalue weighted by molar-refractivity contribution is 7.92. The molecule has 6 nitrogen and oxygen atoms in total. The molecule has 134 valence electrons. The van der Waals surface area contributed by atoms with Crippen molar-refractivity contribution in [1.82, 2.24) is 0 Å². The van der Waals surface area contributed by atoms with E-state index < -0.39 is 27.0 Å². The van der Waals surface area contributed by atoms with E-state index in [1.807, 2.05) is 26.8 Å². The molecule has 1 N–H and O–H groups in total. The number of carbonyl (C=O) groups excluding carboxylic acids is 1. The lowest BCUT2D eigenvalue weighted by Gasteiger charge is -2.23. The summed E-state index contributed by atoms with van der Waals surface area (Å²) in [6.45, 7) is 5.56. The molecule has 2 aromatic carbocycles. The maximum absolute atomic E-state index is 13.0. The Morgan fingerprint density at radius 1 is 1.23 bits per heavy atom. The monoisotopic (exact) mass is 370 g/mol. The first-order chi connectivity index (χ1) is 12.1. The third-order valence-electron chi connectivity index (χ3n) is 4.32. The number of benzene rings is 2. The molecule has 0 bridgehead atoms. The van der Waals surface area contributed by atoms with Crippen molar-refractivity contribution in [2.75, 3.05) is 10.8 Å². The number of hydrogen-bond donors (Lipinski definition) is 1. The van der Waals surface area contributed by atoms with Crippen LogP contribution in [-0.4, -0.2) is 25.3 Å². The van der Waals surface area contributed by atoms with Gasteiger partial charge < -0.3 is 5.11 Å². The van der Waals surface area contributed by atoms with Crippen LogP contribution >= 0.6 is 0 Å². The fourth-order valence-electron chi connectivity index (χ4n) is 2.99. The predicted octanol–water partition coefficient (Wildman–Crippen LogP) is 2.95. The minimum Gasteiger partial charge on any atom is -0.506 e. The maximum Gasteiger partial charge on any atom is 0.259 e. The molecule has 3 rings (SSSR count). The molecule has 1 aliphatic heterocycles. The summed E-state index contributed by atoms with van der Waals surface area (Å²) in [4.78, 5) is 14.3. The first-order valence-corrected chi connectivity index (χ1v) is 9.63. The van der Waals surface area contributed by atoms with E-state index in [0.717, 1.165) is 0 Å². The number of aromatic hydroxyl groups is 1. The van der Waals surface area contributed by atoms with E-state index in [1.54, 1.807) is 18.2 Å². The Labute approximate surface area is 152 Å². The number of anilines is 1. The van der Waals surface area contributed by atoms with Crippen molar-refractivity contribution in [3.8, 4) is 11.8 Å². The number of rotatable bonds is 1. The maximum atomic E-state index is 13.0. The quantitative estimate of drug-likeness (QED) is 0.832. The van der Waals surface area contributed by atoms with Gasteiger partial charge in [-0.2, -0.15) is 5.26 Å². The van der Waals surface area contributed by atoms with Gasteiger partial charge in [0, 0.05) is 11.1 Å². The number of para-hydroxylation sites is 1. The van der Waals surface area contributed by atoms with Crippen LogP contribution in [0.15, 0.2) is 41.3 Å². The van der Waals surface area contributed by atoms with Gasteiger partial charge in [0.2, 0.25) is 0 Å². The summed E-state index contributed by atoms with van der Waals surface area (Å²) < 4.78 is 24.6. The summed E-state index contributed by atoms with van der Waals surface area (Å²) in [6, 6.07) is 11.0. The summed E-state index contributed by atoms with van der Waals surface area (Å²) >= 11 is 0. The van der Waals surface area contributed by atoms with Crippen LogP contribution < -0.4 is 4.90 Å². The van der Waals surface area contributed by atoms with Crippen LogP contribution in [0.4, 0.5) is 5.69 Å². The van der Waals surface area contributed by atoms with E-state index in [-0.39, 0.29) is 21.8 Å². The van der Waals surface area contributed by atoms with E-state index >= 15 is 0 Å². The van der Waals surface area contributed by atoms with Crippen molar-refractivity contribution in [3.05, 3.63) is 53.1 Å². The summed E-state index contributed by atoms with van der Waals surface area (Å²) in [6.07, 6.45) is 0. The Hall–Kier alpha value is -2.85. The molecule has 0 spiro atoms. The van der Waals surface area contributed by atoms with Crippen LogP contribution in [0.25, 0.3) is 0 Å². The van der Waals surface area contributed by atoms with Gasteiger partial charge >= 0.3 is 0 Å². The molecule has 0 saturated carbocycles. The molecule has 26 heavy (non-hydrogen) atoms. The second-order valence-corrected chi connectivity index (χ2v) is 9.15. The number of hydrogen-bond acceptors (Lipinski definition) is 5. The van der Waals surface area contributed by atoms with Crippen molar-refractivity contribution >= 4 is 21.4 Å². The summed E-state index contributed by atoms with van der Waals surface area (Å²) in [5, 5.41) is 19.6. The number of sulfone groups is 1. The van der Waals surface area contributed by atoms with Gasteiger partial charge in [-0.25, -0.2) is 8.42 Å². The van der Waals surface area contributed by atoms with Gasteiger partial charge in [0.05, 0.1) is 16.1 Å². The number of fused-ring (bicyclic) bond motifs is 1.